The number of rotatable bonds is 21. The van der Waals surface area contributed by atoms with Crippen LogP contribution >= 0.6 is 0 Å². The van der Waals surface area contributed by atoms with Gasteiger partial charge in [-0.3, -0.25) is 28.3 Å². The Morgan fingerprint density at radius 2 is 0.855 bits per heavy atom. The summed E-state index contributed by atoms with van der Waals surface area (Å²) < 4.78 is 123. The van der Waals surface area contributed by atoms with E-state index in [1.165, 1.54) is 25.5 Å². The molecule has 0 bridgehead atoms. The number of benzene rings is 3. The van der Waals surface area contributed by atoms with Gasteiger partial charge in [0.2, 0.25) is 11.8 Å². The molecule has 4 unspecified atom stereocenters. The number of nitrogens with zero attached hydrogens (tertiary/aromatic N) is 1. The quantitative estimate of drug-likeness (QED) is 0.0379. The normalized spacial score (nSPS) is 11.3. The maximum Gasteiger partial charge on any atom is 1.00 e. The summed E-state index contributed by atoms with van der Waals surface area (Å²) >= 11 is 0. The average molecular weight is 1150 g/mol. The van der Waals surface area contributed by atoms with Crippen molar-refractivity contribution in [2.24, 2.45) is 0 Å². The molecule has 0 heterocycles. The smallest absolute Gasteiger partial charge is 0.748 e. The van der Waals surface area contributed by atoms with Crippen molar-refractivity contribution in [3.05, 3.63) is 190 Å². The van der Waals surface area contributed by atoms with Crippen molar-refractivity contribution in [1.82, 2.24) is 10.6 Å². The third kappa shape index (κ3) is 58.5. The molecular formula is C51H69N3Na2O16S4. The Hall–Kier alpha value is -4.75. The van der Waals surface area contributed by atoms with E-state index in [1.807, 2.05) is 43.3 Å². The number of nitrogens with one attached hydrogen (secondary N) is 2. The van der Waals surface area contributed by atoms with Crippen LogP contribution < -0.4 is 69.7 Å². The molecule has 0 saturated carbocycles. The molecule has 19 nitrogen and oxygen atoms in total. The average Bonchev–Trinajstić information content (AvgIpc) is 3.30. The molecule has 0 aromatic heterocycles. The van der Waals surface area contributed by atoms with Crippen LogP contribution in [0, 0.1) is 11.3 Å². The van der Waals surface area contributed by atoms with Gasteiger partial charge in [0.1, 0.15) is 0 Å². The molecule has 0 aliphatic rings. The molecule has 3 aromatic rings. The molecule has 0 aliphatic carbocycles. The Labute approximate surface area is 495 Å². The fraction of sp³-hybridized carbons (Fsp3) is 0.275. The van der Waals surface area contributed by atoms with E-state index in [2.05, 4.69) is 56.7 Å². The van der Waals surface area contributed by atoms with E-state index < -0.39 is 99.2 Å². The molecule has 4 N–H and O–H groups in total. The van der Waals surface area contributed by atoms with Crippen molar-refractivity contribution in [2.75, 3.05) is 23.0 Å². The minimum Gasteiger partial charge on any atom is -0.748 e. The maximum absolute atomic E-state index is 11.3. The molecule has 0 aliphatic heterocycles. The van der Waals surface area contributed by atoms with Crippen LogP contribution in [0.15, 0.2) is 174 Å². The summed E-state index contributed by atoms with van der Waals surface area (Å²) in [4.78, 5) is 43.7. The minimum absolute atomic E-state index is 0. The third-order valence-corrected chi connectivity index (χ3v) is 11.4. The summed E-state index contributed by atoms with van der Waals surface area (Å²) in [5, 5.41) is 12.0. The summed E-state index contributed by atoms with van der Waals surface area (Å²) in [6, 6.07) is 27.8. The second kappa shape index (κ2) is 48.6. The summed E-state index contributed by atoms with van der Waals surface area (Å²) in [5.74, 6) is -4.77. The molecular weight excluding hydrogens is 1080 g/mol. The number of carbonyl (C=O) groups excluding carboxylic acids is 4. The molecule has 0 spiro atoms. The van der Waals surface area contributed by atoms with Crippen molar-refractivity contribution >= 4 is 69.9 Å². The summed E-state index contributed by atoms with van der Waals surface area (Å²) in [7, 11) is -16.8. The van der Waals surface area contributed by atoms with Gasteiger partial charge in [-0.25, -0.2) is 16.8 Å². The number of carbonyl (C=O) groups is 4. The van der Waals surface area contributed by atoms with Crippen LogP contribution in [-0.2, 0) is 59.7 Å². The predicted octanol–water partition coefficient (Wildman–Crippen LogP) is 0.913. The Balaban J connectivity index is -0.000000153. The fourth-order valence-corrected chi connectivity index (χ4v) is 8.08. The topological polar surface area (TPSA) is 339 Å². The van der Waals surface area contributed by atoms with Crippen molar-refractivity contribution in [1.29, 1.82) is 5.26 Å². The van der Waals surface area contributed by atoms with E-state index in [-0.39, 0.29) is 90.9 Å². The Morgan fingerprint density at radius 1 is 0.566 bits per heavy atom. The molecule has 0 fully saturated rings. The van der Waals surface area contributed by atoms with Crippen LogP contribution in [0.4, 0.5) is 0 Å². The van der Waals surface area contributed by atoms with Crippen LogP contribution in [0.2, 0.25) is 0 Å². The van der Waals surface area contributed by atoms with Gasteiger partial charge in [-0.2, -0.15) is 22.1 Å². The minimum atomic E-state index is -4.36. The molecule has 3 aromatic carbocycles. The predicted molar refractivity (Wildman–Crippen MR) is 291 cm³/mol. The Kier molecular flexibility index (Phi) is 54.5. The van der Waals surface area contributed by atoms with Crippen LogP contribution in [-0.4, -0.2) is 110 Å². The van der Waals surface area contributed by atoms with E-state index >= 15 is 0 Å². The second-order valence-corrected chi connectivity index (χ2v) is 20.4. The second-order valence-electron chi connectivity index (χ2n) is 14.5. The van der Waals surface area contributed by atoms with E-state index in [4.69, 9.17) is 14.4 Å². The van der Waals surface area contributed by atoms with Gasteiger partial charge in [0.25, 0.3) is 20.2 Å². The van der Waals surface area contributed by atoms with E-state index in [0.717, 1.165) is 24.3 Å². The van der Waals surface area contributed by atoms with Crippen LogP contribution in [0.5, 0.6) is 0 Å². The molecule has 0 radical (unpaired) electrons. The van der Waals surface area contributed by atoms with Crippen molar-refractivity contribution in [3.63, 3.8) is 0 Å². The maximum atomic E-state index is 11.3. The number of amides is 2. The van der Waals surface area contributed by atoms with Gasteiger partial charge in [-0.05, 0) is 61.8 Å². The van der Waals surface area contributed by atoms with Crippen molar-refractivity contribution in [2.45, 2.75) is 65.0 Å². The van der Waals surface area contributed by atoms with Gasteiger partial charge in [0.05, 0.1) is 43.6 Å². The Bertz CT molecular complexity index is 2550. The third-order valence-electron chi connectivity index (χ3n) is 7.90. The van der Waals surface area contributed by atoms with Crippen LogP contribution in [0.3, 0.4) is 0 Å². The van der Waals surface area contributed by atoms with Crippen LogP contribution in [0.25, 0.3) is 6.08 Å². The van der Waals surface area contributed by atoms with Gasteiger partial charge >= 0.3 is 59.1 Å². The molecule has 2 amide bonds. The first kappa shape index (κ1) is 85.2. The molecule has 76 heavy (non-hydrogen) atoms. The first-order valence-corrected chi connectivity index (χ1v) is 27.5. The van der Waals surface area contributed by atoms with Crippen LogP contribution in [0.1, 0.15) is 69.6 Å². The zero-order valence-corrected chi connectivity index (χ0v) is 50.2. The van der Waals surface area contributed by atoms with Gasteiger partial charge in [-0.15, -0.1) is 6.58 Å². The standard InChI is InChI=1S/2C12H14O4S.C8H8.2C6H11NO4S.C3H3N.C3H6.CH4.2Na/c2*1-2-12(13)8-11(9-17(14,15)16)10-6-4-3-5-7-10;1-2-8-6-4-3-5-7-8;2*1-3-6(8)7-5(2)4-12(9,10)11;1-2-3-4;1-3-2;;;/h2*2-7,11H,1,8-9H2,(H,14,15,16);2-7H,1H2;2*3,5H,1,4H2,2H3,(H,7,8)(H,9,10,11);2H,1H2;3H,1H2,2H3;1H4;;/q;;;;;;;;2*+1/p-2. The summed E-state index contributed by atoms with van der Waals surface area (Å²) in [6.07, 6.45) is 9.09. The molecule has 410 valence electrons. The fourth-order valence-electron chi connectivity index (χ4n) is 5.05. The molecule has 4 atom stereocenters. The van der Waals surface area contributed by atoms with E-state index in [1.54, 1.807) is 72.8 Å². The number of allylic oxidation sites excluding steroid dienone is 4. The largest absolute Gasteiger partial charge is 1.00 e. The zero-order valence-electron chi connectivity index (χ0n) is 42.9. The monoisotopic (exact) mass is 1150 g/mol. The summed E-state index contributed by atoms with van der Waals surface area (Å²) in [5.41, 5.74) is 2.55. The molecule has 3 rings (SSSR count). The first-order valence-electron chi connectivity index (χ1n) is 21.1. The van der Waals surface area contributed by atoms with Crippen molar-refractivity contribution < 1.29 is 130 Å². The molecule has 0 saturated heterocycles. The van der Waals surface area contributed by atoms with Gasteiger partial charge < -0.3 is 19.7 Å². The number of ketones is 2. The first-order chi connectivity index (χ1) is 33.8. The summed E-state index contributed by atoms with van der Waals surface area (Å²) in [6.45, 7) is 27.9. The van der Waals surface area contributed by atoms with Gasteiger partial charge in [-0.1, -0.05) is 150 Å². The SMILES string of the molecule is C.C=CC.C=CC#N.C=CC(=O)CC(CS(=O)(=O)O)c1ccccc1.C=CC(=O)CC(CS(=O)(=O)[O-])c1ccccc1.C=CC(=O)NC(C)CS(=O)(=O)O.C=CC(=O)NC(C)CS(=O)(=O)[O-].C=Cc1ccccc1.[Na+].[Na+]. The van der Waals surface area contributed by atoms with Crippen molar-refractivity contribution in [3.8, 4) is 6.07 Å². The van der Waals surface area contributed by atoms with E-state index in [0.29, 0.717) is 11.1 Å². The number of hydrogen-bond donors (Lipinski definition) is 4. The van der Waals surface area contributed by atoms with Gasteiger partial charge in [0, 0.05) is 48.6 Å². The number of nitriles is 1. The van der Waals surface area contributed by atoms with E-state index in [9.17, 15) is 62.0 Å². The Morgan fingerprint density at radius 3 is 1.09 bits per heavy atom. The van der Waals surface area contributed by atoms with Gasteiger partial charge in [0.15, 0.2) is 11.6 Å². The molecule has 25 heteroatoms. The zero-order chi connectivity index (χ0) is 57.3. The number of hydrogen-bond acceptors (Lipinski definition) is 15.